The van der Waals surface area contributed by atoms with Crippen molar-refractivity contribution in [1.82, 2.24) is 9.78 Å². The van der Waals surface area contributed by atoms with Crippen LogP contribution in [0, 0.1) is 0 Å². The van der Waals surface area contributed by atoms with Crippen molar-refractivity contribution in [3.8, 4) is 0 Å². The Morgan fingerprint density at radius 2 is 1.55 bits per heavy atom. The Bertz CT molecular complexity index is 347. The van der Waals surface area contributed by atoms with Gasteiger partial charge < -0.3 is 5.32 Å². The Labute approximate surface area is 124 Å². The lowest BCUT2D eigenvalue weighted by atomic mass is 9.98. The van der Waals surface area contributed by atoms with Crippen LogP contribution in [0.25, 0.3) is 0 Å². The Hall–Kier alpha value is -0.990. The summed E-state index contributed by atoms with van der Waals surface area (Å²) in [5, 5.41) is 8.06. The van der Waals surface area contributed by atoms with E-state index in [0.717, 1.165) is 6.54 Å². The molecule has 0 radical (unpaired) electrons. The van der Waals surface area contributed by atoms with Crippen LogP contribution in [0.2, 0.25) is 0 Å². The predicted molar refractivity (Wildman–Crippen MR) is 86.1 cm³/mol. The maximum Gasteiger partial charge on any atom is 0.0728 e. The third-order valence-corrected chi connectivity index (χ3v) is 4.43. The summed E-state index contributed by atoms with van der Waals surface area (Å²) in [5.74, 6) is 0. The van der Waals surface area contributed by atoms with Gasteiger partial charge >= 0.3 is 0 Å². The fourth-order valence-corrected chi connectivity index (χ4v) is 3.15. The average molecular weight is 277 g/mol. The van der Waals surface area contributed by atoms with Gasteiger partial charge in [-0.25, -0.2) is 0 Å². The average Bonchev–Trinajstić information content (AvgIpc) is 2.89. The highest BCUT2D eigenvalue weighted by Crippen LogP contribution is 2.19. The highest BCUT2D eigenvalue weighted by Gasteiger charge is 2.10. The number of hydrogen-bond acceptors (Lipinski definition) is 2. The summed E-state index contributed by atoms with van der Waals surface area (Å²) in [7, 11) is 0. The lowest BCUT2D eigenvalue weighted by Crippen LogP contribution is -2.19. The fourth-order valence-electron chi connectivity index (χ4n) is 3.15. The van der Waals surface area contributed by atoms with Gasteiger partial charge in [0, 0.05) is 18.8 Å². The first kappa shape index (κ1) is 15.4. The maximum atomic E-state index is 4.36. The second-order valence-corrected chi connectivity index (χ2v) is 6.19. The topological polar surface area (TPSA) is 29.9 Å². The Morgan fingerprint density at radius 1 is 1.00 bits per heavy atom. The van der Waals surface area contributed by atoms with Crippen molar-refractivity contribution in [3.05, 3.63) is 12.4 Å². The molecule has 0 saturated heterocycles. The van der Waals surface area contributed by atoms with Gasteiger partial charge in [0.15, 0.2) is 0 Å². The quantitative estimate of drug-likeness (QED) is 0.843. The van der Waals surface area contributed by atoms with Crippen LogP contribution in [0.4, 0.5) is 5.69 Å². The van der Waals surface area contributed by atoms with E-state index in [1.165, 1.54) is 76.3 Å². The minimum absolute atomic E-state index is 0.643. The van der Waals surface area contributed by atoms with Crippen LogP contribution in [0.1, 0.15) is 77.6 Å². The molecule has 0 aromatic carbocycles. The number of anilines is 1. The van der Waals surface area contributed by atoms with Crippen molar-refractivity contribution in [3.63, 3.8) is 0 Å². The Kier molecular flexibility index (Phi) is 6.96. The van der Waals surface area contributed by atoms with Gasteiger partial charge in [-0.05, 0) is 19.8 Å². The van der Waals surface area contributed by atoms with E-state index >= 15 is 0 Å². The molecule has 1 aliphatic rings. The smallest absolute Gasteiger partial charge is 0.0728 e. The Balaban J connectivity index is 1.81. The van der Waals surface area contributed by atoms with E-state index in [-0.39, 0.29) is 0 Å². The lowest BCUT2D eigenvalue weighted by molar-refractivity contribution is 0.480. The van der Waals surface area contributed by atoms with Gasteiger partial charge in [-0.2, -0.15) is 5.10 Å². The first-order chi connectivity index (χ1) is 9.88. The van der Waals surface area contributed by atoms with Gasteiger partial charge in [0.1, 0.15) is 0 Å². The summed E-state index contributed by atoms with van der Waals surface area (Å²) < 4.78 is 2.00. The zero-order valence-electron chi connectivity index (χ0n) is 13.1. The minimum atomic E-state index is 0.643. The minimum Gasteiger partial charge on any atom is -0.380 e. The molecule has 1 aliphatic carbocycles. The Morgan fingerprint density at radius 3 is 2.05 bits per heavy atom. The number of hydrogen-bond donors (Lipinski definition) is 1. The number of nitrogens with zero attached hydrogens (tertiary/aromatic N) is 2. The van der Waals surface area contributed by atoms with Gasteiger partial charge in [0.05, 0.1) is 11.9 Å². The van der Waals surface area contributed by atoms with Gasteiger partial charge in [-0.15, -0.1) is 0 Å². The van der Waals surface area contributed by atoms with Crippen molar-refractivity contribution < 1.29 is 0 Å². The van der Waals surface area contributed by atoms with Crippen molar-refractivity contribution in [1.29, 1.82) is 0 Å². The van der Waals surface area contributed by atoms with Gasteiger partial charge in [-0.3, -0.25) is 4.68 Å². The second kappa shape index (κ2) is 9.04. The monoisotopic (exact) mass is 277 g/mol. The zero-order chi connectivity index (χ0) is 14.0. The van der Waals surface area contributed by atoms with Crippen LogP contribution in [0.3, 0.4) is 0 Å². The molecule has 1 aromatic rings. The second-order valence-electron chi connectivity index (χ2n) is 6.19. The number of aromatic nitrogens is 2. The number of nitrogens with one attached hydrogen (secondary N) is 1. The SMILES string of the molecule is CCn1cc(NC2CCCCCCCCCCC2)cn1. The molecule has 1 N–H and O–H groups in total. The van der Waals surface area contributed by atoms with Crippen molar-refractivity contribution in [2.75, 3.05) is 5.32 Å². The van der Waals surface area contributed by atoms with Gasteiger partial charge in [0.25, 0.3) is 0 Å². The molecule has 1 saturated carbocycles. The third-order valence-electron chi connectivity index (χ3n) is 4.43. The molecule has 0 amide bonds. The summed E-state index contributed by atoms with van der Waals surface area (Å²) in [4.78, 5) is 0. The van der Waals surface area contributed by atoms with E-state index in [2.05, 4.69) is 23.5 Å². The first-order valence-electron chi connectivity index (χ1n) is 8.67. The van der Waals surface area contributed by atoms with Crippen LogP contribution >= 0.6 is 0 Å². The fraction of sp³-hybridized carbons (Fsp3) is 0.824. The van der Waals surface area contributed by atoms with Crippen LogP contribution < -0.4 is 5.32 Å². The highest BCUT2D eigenvalue weighted by atomic mass is 15.3. The van der Waals surface area contributed by atoms with Crippen molar-refractivity contribution in [2.45, 2.75) is 90.1 Å². The largest absolute Gasteiger partial charge is 0.380 e. The summed E-state index contributed by atoms with van der Waals surface area (Å²) in [6.07, 6.45) is 19.5. The van der Waals surface area contributed by atoms with Crippen LogP contribution in [-0.4, -0.2) is 15.8 Å². The molecule has 3 heteroatoms. The van der Waals surface area contributed by atoms with Crippen molar-refractivity contribution >= 4 is 5.69 Å². The third kappa shape index (κ3) is 5.56. The summed E-state index contributed by atoms with van der Waals surface area (Å²) in [6, 6.07) is 0.643. The molecular weight excluding hydrogens is 246 g/mol. The molecule has 1 heterocycles. The van der Waals surface area contributed by atoms with E-state index in [1.807, 2.05) is 10.9 Å². The summed E-state index contributed by atoms with van der Waals surface area (Å²) in [6.45, 7) is 3.08. The molecule has 20 heavy (non-hydrogen) atoms. The zero-order valence-corrected chi connectivity index (χ0v) is 13.1. The van der Waals surface area contributed by atoms with Gasteiger partial charge in [-0.1, -0.05) is 57.8 Å². The normalized spacial score (nSPS) is 20.1. The molecule has 0 atom stereocenters. The van der Waals surface area contributed by atoms with Gasteiger partial charge in [0.2, 0.25) is 0 Å². The standard InChI is InChI=1S/C17H31N3/c1-2-20-15-17(14-18-20)19-16-12-10-8-6-4-3-5-7-9-11-13-16/h14-16,19H,2-13H2,1H3. The summed E-state index contributed by atoms with van der Waals surface area (Å²) in [5.41, 5.74) is 1.20. The molecule has 1 aromatic heterocycles. The van der Waals surface area contributed by atoms with E-state index in [1.54, 1.807) is 0 Å². The molecular formula is C17H31N3. The predicted octanol–water partition coefficient (Wildman–Crippen LogP) is 4.99. The molecule has 114 valence electrons. The van der Waals surface area contributed by atoms with Crippen LogP contribution in [0.5, 0.6) is 0 Å². The van der Waals surface area contributed by atoms with E-state index in [0.29, 0.717) is 6.04 Å². The highest BCUT2D eigenvalue weighted by molar-refractivity contribution is 5.39. The molecule has 1 fully saturated rings. The first-order valence-corrected chi connectivity index (χ1v) is 8.67. The van der Waals surface area contributed by atoms with E-state index in [4.69, 9.17) is 0 Å². The number of rotatable bonds is 3. The number of aryl methyl sites for hydroxylation is 1. The molecule has 2 rings (SSSR count). The molecule has 0 spiro atoms. The molecule has 0 aliphatic heterocycles. The van der Waals surface area contributed by atoms with E-state index < -0.39 is 0 Å². The maximum absolute atomic E-state index is 4.36. The summed E-state index contributed by atoms with van der Waals surface area (Å²) >= 11 is 0. The van der Waals surface area contributed by atoms with E-state index in [9.17, 15) is 0 Å². The lowest BCUT2D eigenvalue weighted by Gasteiger charge is -2.19. The molecule has 3 nitrogen and oxygen atoms in total. The molecule has 0 bridgehead atoms. The van der Waals surface area contributed by atoms with Crippen LogP contribution in [-0.2, 0) is 6.54 Å². The van der Waals surface area contributed by atoms with Crippen molar-refractivity contribution in [2.24, 2.45) is 0 Å². The van der Waals surface area contributed by atoms with Crippen LogP contribution in [0.15, 0.2) is 12.4 Å². The molecule has 0 unspecified atom stereocenters.